The summed E-state index contributed by atoms with van der Waals surface area (Å²) in [6.45, 7) is 0. The first-order valence-electron chi connectivity index (χ1n) is 9.44. The average Bonchev–Trinajstić information content (AvgIpc) is 2.75. The number of benzene rings is 4. The van der Waals surface area contributed by atoms with Crippen LogP contribution in [0.3, 0.4) is 0 Å². The molecular formula is C26H20Br2O. The van der Waals surface area contributed by atoms with Crippen molar-refractivity contribution in [1.29, 1.82) is 0 Å². The second-order valence-corrected chi connectivity index (χ2v) is 8.88. The van der Waals surface area contributed by atoms with Gasteiger partial charge in [-0.15, -0.1) is 0 Å². The Morgan fingerprint density at radius 3 is 1.62 bits per heavy atom. The first kappa shape index (κ1) is 20.1. The minimum atomic E-state index is -1.26. The Morgan fingerprint density at radius 1 is 0.586 bits per heavy atom. The summed E-state index contributed by atoms with van der Waals surface area (Å²) in [6.07, 6.45) is 0.756. The molecule has 0 spiro atoms. The van der Waals surface area contributed by atoms with Crippen molar-refractivity contribution in [3.8, 4) is 0 Å². The van der Waals surface area contributed by atoms with Crippen LogP contribution in [0.4, 0.5) is 0 Å². The van der Waals surface area contributed by atoms with Gasteiger partial charge in [0.2, 0.25) is 0 Å². The Kier molecular flexibility index (Phi) is 6.00. The van der Waals surface area contributed by atoms with E-state index in [2.05, 4.69) is 50.1 Å². The SMILES string of the molecule is OC(c1ccc(Br)cc1)(c1ccc(Br)cc1)c1ccccc1Cc1ccccc1. The third-order valence-electron chi connectivity index (χ3n) is 5.17. The van der Waals surface area contributed by atoms with E-state index in [4.69, 9.17) is 0 Å². The first-order chi connectivity index (χ1) is 14.1. The Labute approximate surface area is 188 Å². The van der Waals surface area contributed by atoms with Crippen molar-refractivity contribution in [1.82, 2.24) is 0 Å². The van der Waals surface area contributed by atoms with Crippen LogP contribution in [-0.2, 0) is 12.0 Å². The average molecular weight is 508 g/mol. The van der Waals surface area contributed by atoms with E-state index in [1.54, 1.807) is 0 Å². The maximum atomic E-state index is 12.2. The fourth-order valence-corrected chi connectivity index (χ4v) is 4.23. The minimum Gasteiger partial charge on any atom is -0.376 e. The van der Waals surface area contributed by atoms with Crippen LogP contribution in [0.5, 0.6) is 0 Å². The van der Waals surface area contributed by atoms with Gasteiger partial charge in [-0.1, -0.05) is 111 Å². The van der Waals surface area contributed by atoms with Gasteiger partial charge < -0.3 is 5.11 Å². The molecule has 0 atom stereocenters. The second kappa shape index (κ2) is 8.66. The molecule has 4 rings (SSSR count). The van der Waals surface area contributed by atoms with Gasteiger partial charge in [0.15, 0.2) is 0 Å². The van der Waals surface area contributed by atoms with E-state index in [1.165, 1.54) is 5.56 Å². The maximum absolute atomic E-state index is 12.2. The number of hydrogen-bond acceptors (Lipinski definition) is 1. The van der Waals surface area contributed by atoms with E-state index in [0.717, 1.165) is 37.6 Å². The van der Waals surface area contributed by atoms with Crippen LogP contribution in [0.2, 0.25) is 0 Å². The summed E-state index contributed by atoms with van der Waals surface area (Å²) in [4.78, 5) is 0. The molecule has 0 heterocycles. The largest absolute Gasteiger partial charge is 0.376 e. The van der Waals surface area contributed by atoms with E-state index < -0.39 is 5.60 Å². The molecule has 144 valence electrons. The Hall–Kier alpha value is -2.20. The molecule has 0 fully saturated rings. The van der Waals surface area contributed by atoms with Gasteiger partial charge in [-0.25, -0.2) is 0 Å². The zero-order valence-corrected chi connectivity index (χ0v) is 18.9. The van der Waals surface area contributed by atoms with Crippen molar-refractivity contribution in [3.63, 3.8) is 0 Å². The molecule has 29 heavy (non-hydrogen) atoms. The molecule has 4 aromatic carbocycles. The molecule has 0 aliphatic carbocycles. The summed E-state index contributed by atoms with van der Waals surface area (Å²) in [5.41, 5.74) is 3.63. The van der Waals surface area contributed by atoms with Crippen LogP contribution in [0, 0.1) is 0 Å². The predicted molar refractivity (Wildman–Crippen MR) is 126 cm³/mol. The summed E-state index contributed by atoms with van der Waals surface area (Å²) >= 11 is 7.01. The lowest BCUT2D eigenvalue weighted by Crippen LogP contribution is -2.30. The summed E-state index contributed by atoms with van der Waals surface area (Å²) < 4.78 is 1.97. The summed E-state index contributed by atoms with van der Waals surface area (Å²) in [5.74, 6) is 0. The van der Waals surface area contributed by atoms with E-state index in [1.807, 2.05) is 84.9 Å². The highest BCUT2D eigenvalue weighted by atomic mass is 79.9. The van der Waals surface area contributed by atoms with Crippen LogP contribution in [-0.4, -0.2) is 5.11 Å². The van der Waals surface area contributed by atoms with Gasteiger partial charge in [-0.3, -0.25) is 0 Å². The molecule has 0 aliphatic heterocycles. The third kappa shape index (κ3) is 4.23. The highest BCUT2D eigenvalue weighted by Gasteiger charge is 2.35. The zero-order valence-electron chi connectivity index (χ0n) is 15.7. The normalized spacial score (nSPS) is 11.4. The number of rotatable bonds is 5. The number of aliphatic hydroxyl groups is 1. The molecule has 0 saturated heterocycles. The van der Waals surface area contributed by atoms with Crippen molar-refractivity contribution in [3.05, 3.63) is 140 Å². The van der Waals surface area contributed by atoms with E-state index >= 15 is 0 Å². The maximum Gasteiger partial charge on any atom is 0.140 e. The van der Waals surface area contributed by atoms with Crippen molar-refractivity contribution in [2.24, 2.45) is 0 Å². The summed E-state index contributed by atoms with van der Waals surface area (Å²) in [5, 5.41) is 12.2. The molecule has 0 aliphatic rings. The van der Waals surface area contributed by atoms with Gasteiger partial charge in [0.25, 0.3) is 0 Å². The molecule has 0 bridgehead atoms. The van der Waals surface area contributed by atoms with Crippen LogP contribution in [0.1, 0.15) is 27.8 Å². The van der Waals surface area contributed by atoms with E-state index in [0.29, 0.717) is 0 Å². The van der Waals surface area contributed by atoms with Crippen LogP contribution < -0.4 is 0 Å². The Bertz CT molecular complexity index is 1040. The molecule has 0 unspecified atom stereocenters. The lowest BCUT2D eigenvalue weighted by molar-refractivity contribution is 0.125. The van der Waals surface area contributed by atoms with Gasteiger partial charge in [-0.05, 0) is 58.5 Å². The standard InChI is InChI=1S/C26H20Br2O/c27-23-14-10-21(11-15-23)26(29,22-12-16-24(28)17-13-22)25-9-5-4-8-20(25)18-19-6-2-1-3-7-19/h1-17,29H,18H2. The summed E-state index contributed by atoms with van der Waals surface area (Å²) in [6, 6.07) is 34.3. The monoisotopic (exact) mass is 506 g/mol. The van der Waals surface area contributed by atoms with Crippen LogP contribution >= 0.6 is 31.9 Å². The lowest BCUT2D eigenvalue weighted by atomic mass is 9.77. The fraction of sp³-hybridized carbons (Fsp3) is 0.0769. The number of hydrogen-bond donors (Lipinski definition) is 1. The molecular weight excluding hydrogens is 488 g/mol. The van der Waals surface area contributed by atoms with Crippen molar-refractivity contribution in [2.75, 3.05) is 0 Å². The zero-order chi connectivity index (χ0) is 20.3. The second-order valence-electron chi connectivity index (χ2n) is 7.04. The van der Waals surface area contributed by atoms with Gasteiger partial charge >= 0.3 is 0 Å². The number of halogens is 2. The Morgan fingerprint density at radius 2 is 1.07 bits per heavy atom. The fourth-order valence-electron chi connectivity index (χ4n) is 3.70. The van der Waals surface area contributed by atoms with Crippen LogP contribution in [0.15, 0.2) is 112 Å². The Balaban J connectivity index is 1.90. The molecule has 3 heteroatoms. The van der Waals surface area contributed by atoms with Gasteiger partial charge in [0.05, 0.1) is 0 Å². The minimum absolute atomic E-state index is 0.756. The van der Waals surface area contributed by atoms with Crippen molar-refractivity contribution in [2.45, 2.75) is 12.0 Å². The molecule has 0 radical (unpaired) electrons. The summed E-state index contributed by atoms with van der Waals surface area (Å²) in [7, 11) is 0. The van der Waals surface area contributed by atoms with Gasteiger partial charge in [0, 0.05) is 8.95 Å². The van der Waals surface area contributed by atoms with Gasteiger partial charge in [-0.2, -0.15) is 0 Å². The molecule has 0 aromatic heterocycles. The molecule has 0 amide bonds. The van der Waals surface area contributed by atoms with E-state index in [-0.39, 0.29) is 0 Å². The predicted octanol–water partition coefficient (Wildman–Crippen LogP) is 7.09. The molecule has 4 aromatic rings. The lowest BCUT2D eigenvalue weighted by Gasteiger charge is -2.32. The quantitative estimate of drug-likeness (QED) is 0.286. The van der Waals surface area contributed by atoms with Crippen molar-refractivity contribution >= 4 is 31.9 Å². The van der Waals surface area contributed by atoms with Crippen molar-refractivity contribution < 1.29 is 5.11 Å². The highest BCUT2D eigenvalue weighted by molar-refractivity contribution is 9.10. The topological polar surface area (TPSA) is 20.2 Å². The first-order valence-corrected chi connectivity index (χ1v) is 11.0. The highest BCUT2D eigenvalue weighted by Crippen LogP contribution is 2.39. The van der Waals surface area contributed by atoms with Crippen LogP contribution in [0.25, 0.3) is 0 Å². The molecule has 0 saturated carbocycles. The van der Waals surface area contributed by atoms with E-state index in [9.17, 15) is 5.11 Å². The molecule has 1 nitrogen and oxygen atoms in total. The van der Waals surface area contributed by atoms with Gasteiger partial charge in [0.1, 0.15) is 5.60 Å². The molecule has 1 N–H and O–H groups in total. The third-order valence-corrected chi connectivity index (χ3v) is 6.23. The smallest absolute Gasteiger partial charge is 0.140 e.